The average Bonchev–Trinajstić information content (AvgIpc) is 2.84. The number of piperidine rings is 2. The molecule has 0 radical (unpaired) electrons. The molecule has 2 aliphatic heterocycles. The van der Waals surface area contributed by atoms with Crippen molar-refractivity contribution in [2.75, 3.05) is 36.4 Å². The third-order valence-corrected chi connectivity index (χ3v) is 7.02. The number of rotatable bonds is 5. The molecule has 2 aromatic rings. The molecule has 0 aromatic heterocycles. The molecule has 0 aliphatic carbocycles. The van der Waals surface area contributed by atoms with E-state index in [1.807, 2.05) is 29.2 Å². The molecule has 2 atom stereocenters. The van der Waals surface area contributed by atoms with Gasteiger partial charge in [-0.1, -0.05) is 19.1 Å². The van der Waals surface area contributed by atoms with Crippen LogP contribution < -0.4 is 15.5 Å². The molecule has 176 valence electrons. The Morgan fingerprint density at radius 2 is 1.67 bits per heavy atom. The zero-order chi connectivity index (χ0) is 23.2. The number of hydrogen-bond donors (Lipinski definition) is 2. The Labute approximate surface area is 203 Å². The summed E-state index contributed by atoms with van der Waals surface area (Å²) in [6.07, 6.45) is 6.02. The van der Waals surface area contributed by atoms with Crippen molar-refractivity contribution in [3.8, 4) is 0 Å². The van der Waals surface area contributed by atoms with Gasteiger partial charge in [0, 0.05) is 43.1 Å². The van der Waals surface area contributed by atoms with Crippen molar-refractivity contribution in [1.82, 2.24) is 10.2 Å². The molecule has 5 nitrogen and oxygen atoms in total. The monoisotopic (exact) mass is 464 g/mol. The van der Waals surface area contributed by atoms with Gasteiger partial charge < -0.3 is 20.4 Å². The first-order valence-electron chi connectivity index (χ1n) is 12.3. The molecule has 6 heteroatoms. The fourth-order valence-corrected chi connectivity index (χ4v) is 5.12. The highest BCUT2D eigenvalue weighted by Gasteiger charge is 2.19. The summed E-state index contributed by atoms with van der Waals surface area (Å²) in [4.78, 5) is 17.1. The van der Waals surface area contributed by atoms with Crippen molar-refractivity contribution in [1.29, 1.82) is 0 Å². The molecule has 0 saturated carbocycles. The minimum absolute atomic E-state index is 0.0966. The Morgan fingerprint density at radius 1 is 0.970 bits per heavy atom. The number of nitrogens with one attached hydrogen (secondary N) is 2. The summed E-state index contributed by atoms with van der Waals surface area (Å²) in [6, 6.07) is 16.5. The molecule has 0 spiro atoms. The van der Waals surface area contributed by atoms with Crippen molar-refractivity contribution in [2.24, 2.45) is 5.92 Å². The van der Waals surface area contributed by atoms with E-state index in [1.165, 1.54) is 30.5 Å². The number of hydrogen-bond acceptors (Lipinski definition) is 3. The van der Waals surface area contributed by atoms with E-state index in [0.29, 0.717) is 5.11 Å². The zero-order valence-corrected chi connectivity index (χ0v) is 20.7. The lowest BCUT2D eigenvalue weighted by Gasteiger charge is -2.33. The lowest BCUT2D eigenvalue weighted by molar-refractivity contribution is 0.0724. The SMILES string of the molecule is C[C@H]1CCCN(c2ccc([C@H](C)NC(=S)Nc3ccc(C(=O)N4CCCCC4)cc3)cc2)C1. The van der Waals surface area contributed by atoms with Gasteiger partial charge in [-0.05, 0) is 99.1 Å². The molecule has 2 N–H and O–H groups in total. The van der Waals surface area contributed by atoms with Crippen LogP contribution in [-0.4, -0.2) is 42.1 Å². The molecule has 0 bridgehead atoms. The second kappa shape index (κ2) is 11.0. The van der Waals surface area contributed by atoms with Gasteiger partial charge in [0.25, 0.3) is 5.91 Å². The smallest absolute Gasteiger partial charge is 0.253 e. The third kappa shape index (κ3) is 6.26. The third-order valence-electron chi connectivity index (χ3n) is 6.80. The van der Waals surface area contributed by atoms with Gasteiger partial charge in [0.15, 0.2) is 5.11 Å². The number of amides is 1. The van der Waals surface area contributed by atoms with Gasteiger partial charge in [0.1, 0.15) is 0 Å². The first-order chi connectivity index (χ1) is 16.0. The Balaban J connectivity index is 1.28. The molecule has 2 heterocycles. The topological polar surface area (TPSA) is 47.6 Å². The quantitative estimate of drug-likeness (QED) is 0.564. The number of anilines is 2. The van der Waals surface area contributed by atoms with Crippen LogP contribution in [0.2, 0.25) is 0 Å². The predicted octanol–water partition coefficient (Wildman–Crippen LogP) is 5.60. The first kappa shape index (κ1) is 23.6. The van der Waals surface area contributed by atoms with E-state index in [0.717, 1.165) is 56.2 Å². The molecule has 0 unspecified atom stereocenters. The Hall–Kier alpha value is -2.60. The fourth-order valence-electron chi connectivity index (χ4n) is 4.82. The number of nitrogens with zero attached hydrogens (tertiary/aromatic N) is 2. The number of likely N-dealkylation sites (tertiary alicyclic amines) is 1. The van der Waals surface area contributed by atoms with Gasteiger partial charge >= 0.3 is 0 Å². The van der Waals surface area contributed by atoms with Crippen LogP contribution in [0.4, 0.5) is 11.4 Å². The highest BCUT2D eigenvalue weighted by Crippen LogP contribution is 2.25. The van der Waals surface area contributed by atoms with E-state index < -0.39 is 0 Å². The van der Waals surface area contributed by atoms with E-state index in [1.54, 1.807) is 0 Å². The second-order valence-electron chi connectivity index (χ2n) is 9.54. The van der Waals surface area contributed by atoms with Gasteiger partial charge in [-0.15, -0.1) is 0 Å². The van der Waals surface area contributed by atoms with Crippen LogP contribution in [0.15, 0.2) is 48.5 Å². The molecule has 33 heavy (non-hydrogen) atoms. The summed E-state index contributed by atoms with van der Waals surface area (Å²) in [7, 11) is 0. The van der Waals surface area contributed by atoms with Gasteiger partial charge in [0.05, 0.1) is 6.04 Å². The van der Waals surface area contributed by atoms with Gasteiger partial charge in [0.2, 0.25) is 0 Å². The summed E-state index contributed by atoms with van der Waals surface area (Å²) in [5.41, 5.74) is 4.12. The van der Waals surface area contributed by atoms with E-state index >= 15 is 0 Å². The van der Waals surface area contributed by atoms with Crippen LogP contribution >= 0.6 is 12.2 Å². The van der Waals surface area contributed by atoms with Crippen LogP contribution in [0.25, 0.3) is 0 Å². The molecule has 4 rings (SSSR count). The van der Waals surface area contributed by atoms with Crippen LogP contribution in [0, 0.1) is 5.92 Å². The molecule has 2 aromatic carbocycles. The zero-order valence-electron chi connectivity index (χ0n) is 19.8. The van der Waals surface area contributed by atoms with Gasteiger partial charge in [-0.3, -0.25) is 4.79 Å². The number of benzene rings is 2. The van der Waals surface area contributed by atoms with E-state index in [2.05, 4.69) is 53.6 Å². The van der Waals surface area contributed by atoms with Crippen molar-refractivity contribution in [3.05, 3.63) is 59.7 Å². The van der Waals surface area contributed by atoms with E-state index in [4.69, 9.17) is 12.2 Å². The Bertz CT molecular complexity index is 938. The molecular weight excluding hydrogens is 428 g/mol. The summed E-state index contributed by atoms with van der Waals surface area (Å²) in [6.45, 7) is 8.47. The summed E-state index contributed by atoms with van der Waals surface area (Å²) in [5, 5.41) is 7.19. The maximum absolute atomic E-state index is 12.6. The highest BCUT2D eigenvalue weighted by atomic mass is 32.1. The van der Waals surface area contributed by atoms with Crippen LogP contribution in [0.5, 0.6) is 0 Å². The van der Waals surface area contributed by atoms with Crippen molar-refractivity contribution in [3.63, 3.8) is 0 Å². The largest absolute Gasteiger partial charge is 0.371 e. The van der Waals surface area contributed by atoms with Crippen LogP contribution in [0.1, 0.15) is 67.9 Å². The predicted molar refractivity (Wildman–Crippen MR) is 141 cm³/mol. The van der Waals surface area contributed by atoms with E-state index in [9.17, 15) is 4.79 Å². The number of carbonyl (C=O) groups excluding carboxylic acids is 1. The normalized spacial score (nSPS) is 19.6. The summed E-state index contributed by atoms with van der Waals surface area (Å²) >= 11 is 5.53. The maximum atomic E-state index is 12.6. The molecule has 2 aliphatic rings. The summed E-state index contributed by atoms with van der Waals surface area (Å²) in [5.74, 6) is 0.887. The average molecular weight is 465 g/mol. The molecular formula is C27H36N4OS. The minimum Gasteiger partial charge on any atom is -0.371 e. The fraction of sp³-hybridized carbons (Fsp3) is 0.481. The highest BCUT2D eigenvalue weighted by molar-refractivity contribution is 7.80. The van der Waals surface area contributed by atoms with Crippen molar-refractivity contribution >= 4 is 34.6 Å². The lowest BCUT2D eigenvalue weighted by atomic mass is 9.99. The standard InChI is InChI=1S/C27H36N4OS/c1-20-7-6-18-31(19-20)25-14-10-22(11-15-25)21(2)28-27(33)29-24-12-8-23(9-13-24)26(32)30-16-4-3-5-17-30/h8-15,20-21H,3-7,16-19H2,1-2H3,(H2,28,29,33)/t20-,21-/m0/s1. The number of carbonyl (C=O) groups is 1. The first-order valence-corrected chi connectivity index (χ1v) is 12.7. The van der Waals surface area contributed by atoms with Crippen LogP contribution in [-0.2, 0) is 0 Å². The van der Waals surface area contributed by atoms with Crippen molar-refractivity contribution in [2.45, 2.75) is 52.0 Å². The van der Waals surface area contributed by atoms with Crippen LogP contribution in [0.3, 0.4) is 0 Å². The molecule has 2 fully saturated rings. The van der Waals surface area contributed by atoms with Crippen molar-refractivity contribution < 1.29 is 4.79 Å². The maximum Gasteiger partial charge on any atom is 0.253 e. The lowest BCUT2D eigenvalue weighted by Crippen LogP contribution is -2.35. The van der Waals surface area contributed by atoms with Gasteiger partial charge in [-0.25, -0.2) is 0 Å². The Morgan fingerprint density at radius 3 is 2.33 bits per heavy atom. The molecule has 1 amide bonds. The second-order valence-corrected chi connectivity index (χ2v) is 9.94. The van der Waals surface area contributed by atoms with E-state index in [-0.39, 0.29) is 11.9 Å². The minimum atomic E-state index is 0.0966. The summed E-state index contributed by atoms with van der Waals surface area (Å²) < 4.78 is 0. The number of thiocarbonyl (C=S) groups is 1. The molecule has 2 saturated heterocycles. The Kier molecular flexibility index (Phi) is 7.86. The van der Waals surface area contributed by atoms with Gasteiger partial charge in [-0.2, -0.15) is 0 Å².